The zero-order valence-electron chi connectivity index (χ0n) is 11.0. The molecule has 0 bridgehead atoms. The van der Waals surface area contributed by atoms with Crippen LogP contribution in [-0.2, 0) is 9.59 Å². The Morgan fingerprint density at radius 3 is 2.28 bits per heavy atom. The molecule has 1 saturated carbocycles. The highest BCUT2D eigenvalue weighted by molar-refractivity contribution is 5.95. The van der Waals surface area contributed by atoms with Gasteiger partial charge in [-0.3, -0.25) is 9.59 Å². The Morgan fingerprint density at radius 1 is 1.17 bits per heavy atom. The molecule has 1 aliphatic rings. The highest BCUT2D eigenvalue weighted by Gasteiger charge is 2.27. The van der Waals surface area contributed by atoms with E-state index in [-0.39, 0.29) is 17.6 Å². The zero-order chi connectivity index (χ0) is 13.1. The molecular weight excluding hydrogens is 226 g/mol. The van der Waals surface area contributed by atoms with Crippen molar-refractivity contribution in [1.82, 2.24) is 0 Å². The summed E-state index contributed by atoms with van der Waals surface area (Å²) in [5, 5.41) is 0. The number of hydrogen-bond donors (Lipinski definition) is 0. The summed E-state index contributed by atoms with van der Waals surface area (Å²) in [7, 11) is 1.81. The first-order chi connectivity index (χ1) is 8.58. The van der Waals surface area contributed by atoms with E-state index in [4.69, 9.17) is 0 Å². The van der Waals surface area contributed by atoms with Crippen LogP contribution < -0.4 is 4.90 Å². The Morgan fingerprint density at radius 2 is 1.72 bits per heavy atom. The van der Waals surface area contributed by atoms with Crippen LogP contribution in [0.5, 0.6) is 0 Å². The van der Waals surface area contributed by atoms with Crippen molar-refractivity contribution in [2.75, 3.05) is 11.9 Å². The van der Waals surface area contributed by atoms with Crippen molar-refractivity contribution in [1.29, 1.82) is 0 Å². The van der Waals surface area contributed by atoms with Crippen molar-refractivity contribution in [3.63, 3.8) is 0 Å². The van der Waals surface area contributed by atoms with Crippen molar-refractivity contribution >= 4 is 17.4 Å². The minimum absolute atomic E-state index is 0.00834. The Kier molecular flexibility index (Phi) is 3.80. The minimum Gasteiger partial charge on any atom is -0.315 e. The van der Waals surface area contributed by atoms with Gasteiger partial charge in [-0.2, -0.15) is 0 Å². The van der Waals surface area contributed by atoms with Crippen LogP contribution >= 0.6 is 0 Å². The Bertz CT molecular complexity index is 440. The maximum atomic E-state index is 12.3. The highest BCUT2D eigenvalue weighted by Crippen LogP contribution is 2.25. The molecule has 0 aliphatic heterocycles. The van der Waals surface area contributed by atoms with Crippen LogP contribution in [0.15, 0.2) is 24.3 Å². The summed E-state index contributed by atoms with van der Waals surface area (Å²) in [5.41, 5.74) is 2.10. The number of carbonyl (C=O) groups excluding carboxylic acids is 2. The van der Waals surface area contributed by atoms with E-state index in [1.54, 1.807) is 4.90 Å². The lowest BCUT2D eigenvalue weighted by atomic mass is 9.87. The van der Waals surface area contributed by atoms with E-state index < -0.39 is 0 Å². The molecule has 0 spiro atoms. The van der Waals surface area contributed by atoms with Crippen molar-refractivity contribution in [2.24, 2.45) is 5.92 Å². The van der Waals surface area contributed by atoms with Crippen LogP contribution in [0.1, 0.15) is 31.2 Å². The van der Waals surface area contributed by atoms with Gasteiger partial charge in [0.1, 0.15) is 5.78 Å². The number of benzene rings is 1. The van der Waals surface area contributed by atoms with Gasteiger partial charge in [0, 0.05) is 31.5 Å². The van der Waals surface area contributed by atoms with Gasteiger partial charge in [0.25, 0.3) is 0 Å². The van der Waals surface area contributed by atoms with Gasteiger partial charge in [0.05, 0.1) is 0 Å². The van der Waals surface area contributed by atoms with E-state index in [0.717, 1.165) is 5.69 Å². The maximum absolute atomic E-state index is 12.3. The van der Waals surface area contributed by atoms with Gasteiger partial charge in [-0.25, -0.2) is 0 Å². The van der Waals surface area contributed by atoms with E-state index in [2.05, 4.69) is 0 Å². The van der Waals surface area contributed by atoms with Gasteiger partial charge in [0.15, 0.2) is 0 Å². The quantitative estimate of drug-likeness (QED) is 0.803. The van der Waals surface area contributed by atoms with E-state index in [1.165, 1.54) is 5.56 Å². The number of Topliss-reactive ketones (excluding diaryl/α,β-unsaturated/α-hetero) is 1. The second-order valence-electron chi connectivity index (χ2n) is 5.05. The highest BCUT2D eigenvalue weighted by atomic mass is 16.2. The molecule has 2 rings (SSSR count). The predicted octanol–water partition coefficient (Wildman–Crippen LogP) is 2.72. The maximum Gasteiger partial charge on any atom is 0.229 e. The standard InChI is InChI=1S/C15H19NO2/c1-11-3-7-13(8-4-11)16(2)15(18)12-5-9-14(17)10-6-12/h3-4,7-8,12H,5-6,9-10H2,1-2H3. The van der Waals surface area contributed by atoms with Crippen LogP contribution in [0, 0.1) is 12.8 Å². The van der Waals surface area contributed by atoms with Crippen molar-refractivity contribution < 1.29 is 9.59 Å². The molecule has 1 aliphatic carbocycles. The molecule has 3 heteroatoms. The number of ketones is 1. The van der Waals surface area contributed by atoms with Crippen molar-refractivity contribution in [3.8, 4) is 0 Å². The normalized spacial score (nSPS) is 16.7. The number of nitrogens with zero attached hydrogens (tertiary/aromatic N) is 1. The van der Waals surface area contributed by atoms with E-state index >= 15 is 0 Å². The molecule has 96 valence electrons. The SMILES string of the molecule is Cc1ccc(N(C)C(=O)C2CCC(=O)CC2)cc1. The van der Waals surface area contributed by atoms with Gasteiger partial charge >= 0.3 is 0 Å². The number of aryl methyl sites for hydroxylation is 1. The molecule has 0 heterocycles. The van der Waals surface area contributed by atoms with Crippen molar-refractivity contribution in [3.05, 3.63) is 29.8 Å². The molecule has 1 fully saturated rings. The lowest BCUT2D eigenvalue weighted by molar-refractivity contribution is -0.126. The van der Waals surface area contributed by atoms with Gasteiger partial charge < -0.3 is 4.90 Å². The number of rotatable bonds is 2. The summed E-state index contributed by atoms with van der Waals surface area (Å²) in [5.74, 6) is 0.428. The molecule has 0 atom stereocenters. The van der Waals surface area contributed by atoms with Gasteiger partial charge in [-0.1, -0.05) is 17.7 Å². The smallest absolute Gasteiger partial charge is 0.229 e. The first-order valence-electron chi connectivity index (χ1n) is 6.44. The Balaban J connectivity index is 2.04. The molecule has 0 aromatic heterocycles. The summed E-state index contributed by atoms with van der Waals surface area (Å²) in [6.07, 6.45) is 2.51. The van der Waals surface area contributed by atoms with Gasteiger partial charge in [0.2, 0.25) is 5.91 Å². The first kappa shape index (κ1) is 12.8. The average molecular weight is 245 g/mol. The molecule has 0 N–H and O–H groups in total. The van der Waals surface area contributed by atoms with Crippen LogP contribution in [0.25, 0.3) is 0 Å². The summed E-state index contributed by atoms with van der Waals surface area (Å²) >= 11 is 0. The topological polar surface area (TPSA) is 37.4 Å². The van der Waals surface area contributed by atoms with Gasteiger partial charge in [-0.05, 0) is 31.9 Å². The first-order valence-corrected chi connectivity index (χ1v) is 6.44. The second kappa shape index (κ2) is 5.34. The molecule has 18 heavy (non-hydrogen) atoms. The van der Waals surface area contributed by atoms with E-state index in [1.807, 2.05) is 38.2 Å². The molecule has 0 unspecified atom stereocenters. The molecule has 0 radical (unpaired) electrons. The number of hydrogen-bond acceptors (Lipinski definition) is 2. The molecule has 1 aromatic carbocycles. The third-order valence-electron chi connectivity index (χ3n) is 3.64. The zero-order valence-corrected chi connectivity index (χ0v) is 11.0. The third-order valence-corrected chi connectivity index (χ3v) is 3.64. The van der Waals surface area contributed by atoms with E-state index in [0.29, 0.717) is 25.7 Å². The molecule has 0 saturated heterocycles. The van der Waals surface area contributed by atoms with Crippen LogP contribution in [0.2, 0.25) is 0 Å². The fourth-order valence-corrected chi connectivity index (χ4v) is 2.36. The number of carbonyl (C=O) groups is 2. The summed E-state index contributed by atoms with van der Waals surface area (Å²) in [4.78, 5) is 25.2. The van der Waals surface area contributed by atoms with Crippen LogP contribution in [-0.4, -0.2) is 18.7 Å². The number of amides is 1. The average Bonchev–Trinajstić information content (AvgIpc) is 2.39. The van der Waals surface area contributed by atoms with Gasteiger partial charge in [-0.15, -0.1) is 0 Å². The van der Waals surface area contributed by atoms with Crippen molar-refractivity contribution in [2.45, 2.75) is 32.6 Å². The molecule has 3 nitrogen and oxygen atoms in total. The molecular formula is C15H19NO2. The lowest BCUT2D eigenvalue weighted by Crippen LogP contribution is -2.35. The van der Waals surface area contributed by atoms with Crippen LogP contribution in [0.4, 0.5) is 5.69 Å². The molecule has 1 amide bonds. The Labute approximate surface area is 108 Å². The summed E-state index contributed by atoms with van der Waals surface area (Å²) in [6, 6.07) is 7.93. The monoisotopic (exact) mass is 245 g/mol. The fourth-order valence-electron chi connectivity index (χ4n) is 2.36. The molecule has 1 aromatic rings. The lowest BCUT2D eigenvalue weighted by Gasteiger charge is -2.26. The van der Waals surface area contributed by atoms with E-state index in [9.17, 15) is 9.59 Å². The summed E-state index contributed by atoms with van der Waals surface area (Å²) in [6.45, 7) is 2.03. The fraction of sp³-hybridized carbons (Fsp3) is 0.467. The number of anilines is 1. The minimum atomic E-state index is 0.00834. The predicted molar refractivity (Wildman–Crippen MR) is 71.6 cm³/mol. The third kappa shape index (κ3) is 2.78. The summed E-state index contributed by atoms with van der Waals surface area (Å²) < 4.78 is 0. The van der Waals surface area contributed by atoms with Crippen LogP contribution in [0.3, 0.4) is 0 Å². The largest absolute Gasteiger partial charge is 0.315 e. The second-order valence-corrected chi connectivity index (χ2v) is 5.05. The Hall–Kier alpha value is -1.64.